The summed E-state index contributed by atoms with van der Waals surface area (Å²) >= 11 is 5.76. The van der Waals surface area contributed by atoms with Crippen LogP contribution in [-0.2, 0) is 0 Å². The topological polar surface area (TPSA) is 55.2 Å². The Morgan fingerprint density at radius 2 is 2.00 bits per heavy atom. The van der Waals surface area contributed by atoms with Gasteiger partial charge in [-0.15, -0.1) is 0 Å². The summed E-state index contributed by atoms with van der Waals surface area (Å²) in [6.07, 6.45) is 0. The van der Waals surface area contributed by atoms with Crippen LogP contribution >= 0.6 is 11.6 Å². The van der Waals surface area contributed by atoms with Gasteiger partial charge in [0, 0.05) is 23.4 Å². The third kappa shape index (κ3) is 3.49. The molecule has 2 aromatic carbocycles. The third-order valence-electron chi connectivity index (χ3n) is 3.23. The standard InChI is InChI=1S/C15H14ClFN2O2/c1-9-3-5-12(8-15(9)19(20)21)18-10(2)11-4-6-14(17)13(16)7-11/h3-8,10,18H,1-2H3. The molecule has 0 saturated carbocycles. The zero-order valence-electron chi connectivity index (χ0n) is 11.6. The molecule has 1 atom stereocenters. The first-order valence-corrected chi connectivity index (χ1v) is 6.73. The maximum absolute atomic E-state index is 13.1. The number of anilines is 1. The van der Waals surface area contributed by atoms with Gasteiger partial charge in [-0.1, -0.05) is 23.7 Å². The molecular weight excluding hydrogens is 295 g/mol. The molecule has 0 spiro atoms. The van der Waals surface area contributed by atoms with Crippen LogP contribution in [0, 0.1) is 22.9 Å². The summed E-state index contributed by atoms with van der Waals surface area (Å²) in [5.41, 5.74) is 2.08. The van der Waals surface area contributed by atoms with Gasteiger partial charge in [-0.25, -0.2) is 4.39 Å². The van der Waals surface area contributed by atoms with E-state index >= 15 is 0 Å². The maximum atomic E-state index is 13.1. The van der Waals surface area contributed by atoms with Crippen molar-refractivity contribution in [3.05, 3.63) is 68.5 Å². The number of nitrogens with one attached hydrogen (secondary N) is 1. The highest BCUT2D eigenvalue weighted by Crippen LogP contribution is 2.27. The molecule has 0 aliphatic heterocycles. The van der Waals surface area contributed by atoms with Crippen molar-refractivity contribution in [2.45, 2.75) is 19.9 Å². The minimum Gasteiger partial charge on any atom is -0.378 e. The van der Waals surface area contributed by atoms with Crippen molar-refractivity contribution in [3.63, 3.8) is 0 Å². The van der Waals surface area contributed by atoms with Crippen molar-refractivity contribution in [1.29, 1.82) is 0 Å². The summed E-state index contributed by atoms with van der Waals surface area (Å²) in [6, 6.07) is 9.24. The molecule has 1 N–H and O–H groups in total. The monoisotopic (exact) mass is 308 g/mol. The average Bonchev–Trinajstić information content (AvgIpc) is 2.43. The fourth-order valence-electron chi connectivity index (χ4n) is 2.01. The van der Waals surface area contributed by atoms with E-state index in [1.807, 2.05) is 6.92 Å². The van der Waals surface area contributed by atoms with Gasteiger partial charge in [0.1, 0.15) is 5.82 Å². The van der Waals surface area contributed by atoms with Gasteiger partial charge in [-0.3, -0.25) is 10.1 Å². The Bertz CT molecular complexity index is 691. The Morgan fingerprint density at radius 1 is 1.29 bits per heavy atom. The second-order valence-electron chi connectivity index (χ2n) is 4.80. The van der Waals surface area contributed by atoms with Gasteiger partial charge in [0.05, 0.1) is 9.95 Å². The van der Waals surface area contributed by atoms with E-state index < -0.39 is 10.7 Å². The highest BCUT2D eigenvalue weighted by Gasteiger charge is 2.13. The van der Waals surface area contributed by atoms with Crippen LogP contribution in [0.25, 0.3) is 0 Å². The van der Waals surface area contributed by atoms with Gasteiger partial charge in [-0.05, 0) is 37.6 Å². The van der Waals surface area contributed by atoms with E-state index in [1.54, 1.807) is 25.1 Å². The number of nitrogens with zero attached hydrogens (tertiary/aromatic N) is 1. The van der Waals surface area contributed by atoms with Crippen LogP contribution in [0.3, 0.4) is 0 Å². The van der Waals surface area contributed by atoms with Crippen LogP contribution < -0.4 is 5.32 Å². The number of aryl methyl sites for hydroxylation is 1. The van der Waals surface area contributed by atoms with E-state index in [0.29, 0.717) is 11.3 Å². The second kappa shape index (κ2) is 6.10. The number of benzene rings is 2. The molecule has 0 bridgehead atoms. The second-order valence-corrected chi connectivity index (χ2v) is 5.21. The zero-order chi connectivity index (χ0) is 15.6. The van der Waals surface area contributed by atoms with Gasteiger partial charge < -0.3 is 5.32 Å². The lowest BCUT2D eigenvalue weighted by molar-refractivity contribution is -0.385. The van der Waals surface area contributed by atoms with E-state index in [0.717, 1.165) is 5.56 Å². The molecular formula is C15H14ClFN2O2. The van der Waals surface area contributed by atoms with Crippen LogP contribution in [0.15, 0.2) is 36.4 Å². The average molecular weight is 309 g/mol. The summed E-state index contributed by atoms with van der Waals surface area (Å²) in [6.45, 7) is 3.56. The van der Waals surface area contributed by atoms with E-state index in [2.05, 4.69) is 5.32 Å². The molecule has 0 aliphatic carbocycles. The summed E-state index contributed by atoms with van der Waals surface area (Å²) in [5, 5.41) is 14.1. The number of rotatable bonds is 4. The van der Waals surface area contributed by atoms with Crippen molar-refractivity contribution < 1.29 is 9.31 Å². The number of nitro benzene ring substituents is 1. The molecule has 110 valence electrons. The molecule has 6 heteroatoms. The highest BCUT2D eigenvalue weighted by atomic mass is 35.5. The Hall–Kier alpha value is -2.14. The van der Waals surface area contributed by atoms with Gasteiger partial charge in [0.25, 0.3) is 5.69 Å². The molecule has 4 nitrogen and oxygen atoms in total. The lowest BCUT2D eigenvalue weighted by Crippen LogP contribution is -2.07. The molecule has 0 heterocycles. The lowest BCUT2D eigenvalue weighted by Gasteiger charge is -2.16. The zero-order valence-corrected chi connectivity index (χ0v) is 12.3. The molecule has 1 unspecified atom stereocenters. The molecule has 0 fully saturated rings. The smallest absolute Gasteiger partial charge is 0.274 e. The highest BCUT2D eigenvalue weighted by molar-refractivity contribution is 6.30. The lowest BCUT2D eigenvalue weighted by atomic mass is 10.1. The first kappa shape index (κ1) is 15.3. The van der Waals surface area contributed by atoms with Crippen LogP contribution in [0.4, 0.5) is 15.8 Å². The maximum Gasteiger partial charge on any atom is 0.274 e. The normalized spacial score (nSPS) is 12.0. The molecule has 21 heavy (non-hydrogen) atoms. The Kier molecular flexibility index (Phi) is 4.43. The van der Waals surface area contributed by atoms with Crippen molar-refractivity contribution in [2.75, 3.05) is 5.32 Å². The van der Waals surface area contributed by atoms with Gasteiger partial charge in [0.15, 0.2) is 0 Å². The van der Waals surface area contributed by atoms with E-state index in [9.17, 15) is 14.5 Å². The van der Waals surface area contributed by atoms with E-state index in [1.165, 1.54) is 18.2 Å². The van der Waals surface area contributed by atoms with Crippen molar-refractivity contribution >= 4 is 23.0 Å². The summed E-state index contributed by atoms with van der Waals surface area (Å²) in [5.74, 6) is -0.474. The summed E-state index contributed by atoms with van der Waals surface area (Å²) in [4.78, 5) is 10.5. The van der Waals surface area contributed by atoms with Gasteiger partial charge in [0.2, 0.25) is 0 Å². The van der Waals surface area contributed by atoms with Crippen LogP contribution in [0.1, 0.15) is 24.1 Å². The summed E-state index contributed by atoms with van der Waals surface area (Å²) < 4.78 is 13.1. The molecule has 0 saturated heterocycles. The largest absolute Gasteiger partial charge is 0.378 e. The van der Waals surface area contributed by atoms with Crippen molar-refractivity contribution in [1.82, 2.24) is 0 Å². The predicted octanol–water partition coefficient (Wildman–Crippen LogP) is 4.87. The van der Waals surface area contributed by atoms with Crippen LogP contribution in [-0.4, -0.2) is 4.92 Å². The Labute approximate surface area is 126 Å². The van der Waals surface area contributed by atoms with Gasteiger partial charge >= 0.3 is 0 Å². The molecule has 0 radical (unpaired) electrons. The molecule has 0 amide bonds. The number of hydrogen-bond donors (Lipinski definition) is 1. The van der Waals surface area contributed by atoms with Crippen molar-refractivity contribution in [2.24, 2.45) is 0 Å². The first-order chi connectivity index (χ1) is 9.88. The Balaban J connectivity index is 2.23. The summed E-state index contributed by atoms with van der Waals surface area (Å²) in [7, 11) is 0. The Morgan fingerprint density at radius 3 is 2.62 bits per heavy atom. The predicted molar refractivity (Wildman–Crippen MR) is 81.3 cm³/mol. The van der Waals surface area contributed by atoms with Crippen LogP contribution in [0.5, 0.6) is 0 Å². The van der Waals surface area contributed by atoms with E-state index in [4.69, 9.17) is 11.6 Å². The molecule has 2 rings (SSSR count). The minimum absolute atomic E-state index is 0.0519. The SMILES string of the molecule is Cc1ccc(NC(C)c2ccc(F)c(Cl)c2)cc1[N+](=O)[O-]. The molecule has 2 aromatic rings. The number of hydrogen-bond acceptors (Lipinski definition) is 3. The third-order valence-corrected chi connectivity index (χ3v) is 3.52. The molecule has 0 aromatic heterocycles. The van der Waals surface area contributed by atoms with Crippen LogP contribution in [0.2, 0.25) is 5.02 Å². The van der Waals surface area contributed by atoms with E-state index in [-0.39, 0.29) is 16.8 Å². The fourth-order valence-corrected chi connectivity index (χ4v) is 2.20. The quantitative estimate of drug-likeness (QED) is 0.647. The van der Waals surface area contributed by atoms with Crippen molar-refractivity contribution in [3.8, 4) is 0 Å². The van der Waals surface area contributed by atoms with Gasteiger partial charge in [-0.2, -0.15) is 0 Å². The first-order valence-electron chi connectivity index (χ1n) is 6.35. The number of nitro groups is 1. The molecule has 0 aliphatic rings. The number of halogens is 2. The minimum atomic E-state index is -0.474. The fraction of sp³-hybridized carbons (Fsp3) is 0.200.